The maximum atomic E-state index is 11.4. The summed E-state index contributed by atoms with van der Waals surface area (Å²) < 4.78 is 4.76. The van der Waals surface area contributed by atoms with Gasteiger partial charge in [-0.3, -0.25) is 10.1 Å². The predicted octanol–water partition coefficient (Wildman–Crippen LogP) is 2.88. The SMILES string of the molecule is Cc1cc(=O)[nH]nc1-c1ccc(NC(=O)OC(C)Cl)cc1. The molecule has 1 unspecified atom stereocenters. The first-order chi connectivity index (χ1) is 9.95. The highest BCUT2D eigenvalue weighted by atomic mass is 35.5. The van der Waals surface area contributed by atoms with Crippen LogP contribution in [-0.2, 0) is 4.74 Å². The van der Waals surface area contributed by atoms with Gasteiger partial charge in [0.05, 0.1) is 5.69 Å². The van der Waals surface area contributed by atoms with Crippen molar-refractivity contribution in [1.82, 2.24) is 10.2 Å². The van der Waals surface area contributed by atoms with E-state index in [1.54, 1.807) is 31.2 Å². The van der Waals surface area contributed by atoms with Crippen molar-refractivity contribution in [2.45, 2.75) is 19.4 Å². The van der Waals surface area contributed by atoms with E-state index < -0.39 is 11.7 Å². The molecular weight excluding hydrogens is 294 g/mol. The van der Waals surface area contributed by atoms with Gasteiger partial charge in [0.25, 0.3) is 5.56 Å². The first kappa shape index (κ1) is 15.1. The van der Waals surface area contributed by atoms with Crippen LogP contribution in [0.25, 0.3) is 11.3 Å². The van der Waals surface area contributed by atoms with Crippen LogP contribution in [0.4, 0.5) is 10.5 Å². The van der Waals surface area contributed by atoms with Crippen LogP contribution in [0.2, 0.25) is 0 Å². The number of rotatable bonds is 3. The summed E-state index contributed by atoms with van der Waals surface area (Å²) in [4.78, 5) is 22.5. The van der Waals surface area contributed by atoms with Gasteiger partial charge in [0.1, 0.15) is 0 Å². The molecule has 1 aromatic carbocycles. The van der Waals surface area contributed by atoms with Crippen molar-refractivity contribution in [3.05, 3.63) is 46.2 Å². The maximum Gasteiger partial charge on any atom is 0.413 e. The van der Waals surface area contributed by atoms with E-state index in [-0.39, 0.29) is 5.56 Å². The molecule has 0 fully saturated rings. The monoisotopic (exact) mass is 307 g/mol. The number of aromatic amines is 1. The van der Waals surface area contributed by atoms with Crippen molar-refractivity contribution in [1.29, 1.82) is 0 Å². The Hall–Kier alpha value is -2.34. The van der Waals surface area contributed by atoms with E-state index in [4.69, 9.17) is 16.3 Å². The molecule has 1 heterocycles. The third kappa shape index (κ3) is 4.06. The number of alkyl halides is 1. The standard InChI is InChI=1S/C14H14ClN3O3/c1-8-7-12(19)17-18-13(8)10-3-5-11(6-4-10)16-14(20)21-9(2)15/h3-7,9H,1-2H3,(H,16,20)(H,17,19). The number of anilines is 1. The summed E-state index contributed by atoms with van der Waals surface area (Å²) in [6, 6.07) is 8.47. The van der Waals surface area contributed by atoms with Crippen molar-refractivity contribution in [3.8, 4) is 11.3 Å². The van der Waals surface area contributed by atoms with E-state index in [1.807, 2.05) is 6.92 Å². The molecular formula is C14H14ClN3O3. The fourth-order valence-electron chi connectivity index (χ4n) is 1.79. The molecule has 1 amide bonds. The van der Waals surface area contributed by atoms with Crippen LogP contribution in [0.3, 0.4) is 0 Å². The normalized spacial score (nSPS) is 11.8. The summed E-state index contributed by atoms with van der Waals surface area (Å²) in [6.07, 6.45) is -0.622. The number of carbonyl (C=O) groups is 1. The number of nitrogens with zero attached hydrogens (tertiary/aromatic N) is 1. The number of hydrogen-bond acceptors (Lipinski definition) is 4. The van der Waals surface area contributed by atoms with Crippen LogP contribution < -0.4 is 10.9 Å². The maximum absolute atomic E-state index is 11.4. The Kier molecular flexibility index (Phi) is 4.59. The molecule has 0 saturated carbocycles. The van der Waals surface area contributed by atoms with Gasteiger partial charge in [0, 0.05) is 17.3 Å². The molecule has 0 saturated heterocycles. The number of aryl methyl sites for hydroxylation is 1. The van der Waals surface area contributed by atoms with Gasteiger partial charge in [-0.25, -0.2) is 9.89 Å². The van der Waals surface area contributed by atoms with Crippen LogP contribution in [0.1, 0.15) is 12.5 Å². The second-order valence-electron chi connectivity index (χ2n) is 4.41. The largest absolute Gasteiger partial charge is 0.430 e. The minimum atomic E-state index is -0.697. The smallest absolute Gasteiger partial charge is 0.413 e. The van der Waals surface area contributed by atoms with Gasteiger partial charge in [-0.05, 0) is 31.5 Å². The zero-order valence-corrected chi connectivity index (χ0v) is 12.3. The van der Waals surface area contributed by atoms with Gasteiger partial charge in [0.15, 0.2) is 5.56 Å². The van der Waals surface area contributed by atoms with E-state index >= 15 is 0 Å². The molecule has 0 radical (unpaired) electrons. The van der Waals surface area contributed by atoms with Crippen LogP contribution in [0.15, 0.2) is 35.1 Å². The van der Waals surface area contributed by atoms with Crippen molar-refractivity contribution >= 4 is 23.4 Å². The Morgan fingerprint density at radius 3 is 2.62 bits per heavy atom. The minimum Gasteiger partial charge on any atom is -0.430 e. The van der Waals surface area contributed by atoms with Crippen molar-refractivity contribution < 1.29 is 9.53 Å². The Balaban J connectivity index is 2.15. The molecule has 2 aromatic rings. The molecule has 0 aliphatic rings. The molecule has 110 valence electrons. The average Bonchev–Trinajstić information content (AvgIpc) is 2.39. The predicted molar refractivity (Wildman–Crippen MR) is 80.4 cm³/mol. The zero-order chi connectivity index (χ0) is 15.4. The summed E-state index contributed by atoms with van der Waals surface area (Å²) in [5, 5.41) is 8.96. The van der Waals surface area contributed by atoms with Gasteiger partial charge < -0.3 is 4.74 Å². The highest BCUT2D eigenvalue weighted by molar-refractivity contribution is 6.20. The van der Waals surface area contributed by atoms with E-state index in [0.29, 0.717) is 11.4 Å². The number of H-pyrrole nitrogens is 1. The Morgan fingerprint density at radius 1 is 1.38 bits per heavy atom. The molecule has 0 spiro atoms. The van der Waals surface area contributed by atoms with Crippen LogP contribution in [0, 0.1) is 6.92 Å². The fourth-order valence-corrected chi connectivity index (χ4v) is 1.88. The van der Waals surface area contributed by atoms with Gasteiger partial charge in [0.2, 0.25) is 0 Å². The second kappa shape index (κ2) is 6.41. The summed E-state index contributed by atoms with van der Waals surface area (Å²) >= 11 is 5.55. The van der Waals surface area contributed by atoms with Crippen molar-refractivity contribution in [2.75, 3.05) is 5.32 Å². The molecule has 2 rings (SSSR count). The average molecular weight is 308 g/mol. The third-order valence-electron chi connectivity index (χ3n) is 2.67. The molecule has 2 N–H and O–H groups in total. The van der Waals surface area contributed by atoms with Gasteiger partial charge in [-0.2, -0.15) is 5.10 Å². The lowest BCUT2D eigenvalue weighted by atomic mass is 10.1. The number of hydrogen-bond donors (Lipinski definition) is 2. The van der Waals surface area contributed by atoms with E-state index in [1.165, 1.54) is 6.07 Å². The number of amides is 1. The number of halogens is 1. The number of ether oxygens (including phenoxy) is 1. The lowest BCUT2D eigenvalue weighted by Crippen LogP contribution is -2.16. The third-order valence-corrected chi connectivity index (χ3v) is 2.76. The molecule has 21 heavy (non-hydrogen) atoms. The van der Waals surface area contributed by atoms with E-state index in [0.717, 1.165) is 11.1 Å². The molecule has 7 heteroatoms. The Morgan fingerprint density at radius 2 is 2.05 bits per heavy atom. The van der Waals surface area contributed by atoms with E-state index in [2.05, 4.69) is 15.5 Å². The van der Waals surface area contributed by atoms with Gasteiger partial charge in [-0.1, -0.05) is 23.7 Å². The van der Waals surface area contributed by atoms with Crippen molar-refractivity contribution in [3.63, 3.8) is 0 Å². The number of carbonyl (C=O) groups excluding carboxylic acids is 1. The first-order valence-corrected chi connectivity index (χ1v) is 6.68. The highest BCUT2D eigenvalue weighted by Crippen LogP contribution is 2.21. The van der Waals surface area contributed by atoms with E-state index in [9.17, 15) is 9.59 Å². The lowest BCUT2D eigenvalue weighted by molar-refractivity contribution is 0.154. The molecule has 6 nitrogen and oxygen atoms in total. The summed E-state index contributed by atoms with van der Waals surface area (Å²) in [5.41, 5.74) is 1.91. The van der Waals surface area contributed by atoms with Crippen LogP contribution in [0.5, 0.6) is 0 Å². The van der Waals surface area contributed by atoms with Gasteiger partial charge in [-0.15, -0.1) is 0 Å². The molecule has 0 aliphatic carbocycles. The summed E-state index contributed by atoms with van der Waals surface area (Å²) in [7, 11) is 0. The minimum absolute atomic E-state index is 0.243. The quantitative estimate of drug-likeness (QED) is 0.854. The first-order valence-electron chi connectivity index (χ1n) is 6.24. The topological polar surface area (TPSA) is 84.1 Å². The zero-order valence-electron chi connectivity index (χ0n) is 11.5. The van der Waals surface area contributed by atoms with Crippen molar-refractivity contribution in [2.24, 2.45) is 0 Å². The fraction of sp³-hybridized carbons (Fsp3) is 0.214. The highest BCUT2D eigenvalue weighted by Gasteiger charge is 2.08. The number of nitrogens with one attached hydrogen (secondary N) is 2. The number of benzene rings is 1. The molecule has 1 atom stereocenters. The summed E-state index contributed by atoms with van der Waals surface area (Å²) in [5.74, 6) is 0. The number of aromatic nitrogens is 2. The van der Waals surface area contributed by atoms with Crippen LogP contribution in [-0.4, -0.2) is 21.9 Å². The molecule has 1 aromatic heterocycles. The molecule has 0 aliphatic heterocycles. The second-order valence-corrected chi connectivity index (χ2v) is 5.03. The van der Waals surface area contributed by atoms with Gasteiger partial charge >= 0.3 is 6.09 Å². The Labute approximate surface area is 126 Å². The Bertz CT molecular complexity index is 695. The van der Waals surface area contributed by atoms with Crippen LogP contribution >= 0.6 is 11.6 Å². The molecule has 0 bridgehead atoms. The lowest BCUT2D eigenvalue weighted by Gasteiger charge is -2.09. The summed E-state index contributed by atoms with van der Waals surface area (Å²) in [6.45, 7) is 3.36.